The van der Waals surface area contributed by atoms with E-state index in [0.717, 1.165) is 18.5 Å². The lowest BCUT2D eigenvalue weighted by atomic mass is 10.1. The molecule has 0 spiro atoms. The van der Waals surface area contributed by atoms with E-state index in [0.29, 0.717) is 16.8 Å². The zero-order chi connectivity index (χ0) is 21.2. The molecule has 2 heterocycles. The molecular weight excluding hydrogens is 392 g/mol. The highest BCUT2D eigenvalue weighted by atomic mass is 16.3. The first kappa shape index (κ1) is 18.9. The van der Waals surface area contributed by atoms with Crippen molar-refractivity contribution in [2.75, 3.05) is 5.32 Å². The number of aryl methyl sites for hydroxylation is 1. The number of furan rings is 1. The van der Waals surface area contributed by atoms with Crippen LogP contribution in [0.5, 0.6) is 0 Å². The summed E-state index contributed by atoms with van der Waals surface area (Å²) >= 11 is 0. The molecule has 0 aliphatic heterocycles. The maximum Gasteiger partial charge on any atom is 0.259 e. The van der Waals surface area contributed by atoms with E-state index in [1.807, 2.05) is 24.3 Å². The largest absolute Gasteiger partial charge is 0.472 e. The lowest BCUT2D eigenvalue weighted by Crippen LogP contribution is -2.27. The molecule has 4 aromatic rings. The van der Waals surface area contributed by atoms with Crippen molar-refractivity contribution < 1.29 is 14.0 Å². The van der Waals surface area contributed by atoms with Gasteiger partial charge in [-0.1, -0.05) is 24.3 Å². The predicted octanol–water partition coefficient (Wildman–Crippen LogP) is 4.13. The van der Waals surface area contributed by atoms with E-state index in [4.69, 9.17) is 4.42 Å². The van der Waals surface area contributed by atoms with Gasteiger partial charge in [-0.3, -0.25) is 9.59 Å². The molecule has 2 amide bonds. The summed E-state index contributed by atoms with van der Waals surface area (Å²) in [7, 11) is 0. The Morgan fingerprint density at radius 3 is 2.65 bits per heavy atom. The summed E-state index contributed by atoms with van der Waals surface area (Å²) in [5.74, 6) is -0.365. The highest BCUT2D eigenvalue weighted by molar-refractivity contribution is 6.03. The van der Waals surface area contributed by atoms with Crippen LogP contribution in [0.2, 0.25) is 0 Å². The second-order valence-electron chi connectivity index (χ2n) is 7.45. The Morgan fingerprint density at radius 2 is 1.84 bits per heavy atom. The van der Waals surface area contributed by atoms with Crippen LogP contribution >= 0.6 is 0 Å². The Labute approximate surface area is 178 Å². The molecule has 31 heavy (non-hydrogen) atoms. The van der Waals surface area contributed by atoms with Crippen molar-refractivity contribution in [1.82, 2.24) is 15.1 Å². The molecule has 154 valence electrons. The molecule has 1 aliphatic rings. The van der Waals surface area contributed by atoms with E-state index in [1.165, 1.54) is 23.7 Å². The molecule has 5 rings (SSSR count). The van der Waals surface area contributed by atoms with Gasteiger partial charge in [-0.2, -0.15) is 5.10 Å². The molecule has 1 unspecified atom stereocenters. The van der Waals surface area contributed by atoms with Gasteiger partial charge in [0.2, 0.25) is 0 Å². The molecule has 0 bridgehead atoms. The number of amides is 2. The number of benzene rings is 2. The maximum absolute atomic E-state index is 12.7. The van der Waals surface area contributed by atoms with Crippen molar-refractivity contribution >= 4 is 17.5 Å². The number of nitrogens with one attached hydrogen (secondary N) is 2. The maximum atomic E-state index is 12.7. The average Bonchev–Trinajstić information content (AvgIpc) is 3.56. The van der Waals surface area contributed by atoms with Crippen molar-refractivity contribution in [3.05, 3.63) is 102 Å². The minimum Gasteiger partial charge on any atom is -0.472 e. The number of carbonyl (C=O) groups excluding carboxylic acids is 2. The molecule has 7 nitrogen and oxygen atoms in total. The van der Waals surface area contributed by atoms with Gasteiger partial charge in [-0.15, -0.1) is 0 Å². The minimum atomic E-state index is -0.270. The number of carbonyl (C=O) groups is 2. The summed E-state index contributed by atoms with van der Waals surface area (Å²) < 4.78 is 6.56. The Morgan fingerprint density at radius 1 is 1.00 bits per heavy atom. The third-order valence-electron chi connectivity index (χ3n) is 5.46. The highest BCUT2D eigenvalue weighted by Gasteiger charge is 2.23. The van der Waals surface area contributed by atoms with Crippen LogP contribution in [0.3, 0.4) is 0 Å². The first-order chi connectivity index (χ1) is 15.2. The van der Waals surface area contributed by atoms with E-state index >= 15 is 0 Å². The summed E-state index contributed by atoms with van der Waals surface area (Å²) in [6.07, 6.45) is 8.01. The summed E-state index contributed by atoms with van der Waals surface area (Å²) in [6.45, 7) is 0. The average molecular weight is 412 g/mol. The van der Waals surface area contributed by atoms with E-state index in [2.05, 4.69) is 27.9 Å². The second-order valence-corrected chi connectivity index (χ2v) is 7.45. The number of aromatic nitrogens is 2. The van der Waals surface area contributed by atoms with Crippen LogP contribution in [0.25, 0.3) is 5.69 Å². The molecular formula is C24H20N4O3. The fourth-order valence-corrected chi connectivity index (χ4v) is 3.84. The van der Waals surface area contributed by atoms with E-state index in [-0.39, 0.29) is 17.9 Å². The van der Waals surface area contributed by atoms with Gasteiger partial charge >= 0.3 is 0 Å². The first-order valence-electron chi connectivity index (χ1n) is 10.0. The molecule has 1 atom stereocenters. The Kier molecular flexibility index (Phi) is 4.84. The van der Waals surface area contributed by atoms with Crippen LogP contribution in [0, 0.1) is 0 Å². The van der Waals surface area contributed by atoms with E-state index < -0.39 is 0 Å². The fraction of sp³-hybridized carbons (Fsp3) is 0.125. The van der Waals surface area contributed by atoms with Gasteiger partial charge in [0.15, 0.2) is 0 Å². The lowest BCUT2D eigenvalue weighted by molar-refractivity contribution is 0.0936. The number of rotatable bonds is 5. The number of anilines is 1. The standard InChI is InChI=1S/C24H20N4O3/c29-23(27-22-10-7-16-3-1-2-4-21(16)22)17-5-8-20(9-6-17)28-14-19(13-25-28)26-24(30)18-11-12-31-15-18/h1-6,8-9,11-15,22H,7,10H2,(H,26,30)(H,27,29). The quantitative estimate of drug-likeness (QED) is 0.516. The lowest BCUT2D eigenvalue weighted by Gasteiger charge is -2.14. The number of hydrogen-bond donors (Lipinski definition) is 2. The van der Waals surface area contributed by atoms with Crippen LogP contribution in [0.4, 0.5) is 5.69 Å². The normalized spacial score (nSPS) is 14.8. The van der Waals surface area contributed by atoms with Gasteiger partial charge in [0, 0.05) is 5.56 Å². The van der Waals surface area contributed by atoms with Gasteiger partial charge in [0.25, 0.3) is 11.8 Å². The van der Waals surface area contributed by atoms with Crippen LogP contribution in [-0.2, 0) is 6.42 Å². The molecule has 0 radical (unpaired) electrons. The van der Waals surface area contributed by atoms with Gasteiger partial charge < -0.3 is 15.1 Å². The smallest absolute Gasteiger partial charge is 0.259 e. The summed E-state index contributed by atoms with van der Waals surface area (Å²) in [4.78, 5) is 24.8. The Balaban J connectivity index is 1.25. The molecule has 1 aliphatic carbocycles. The van der Waals surface area contributed by atoms with Crippen molar-refractivity contribution in [3.63, 3.8) is 0 Å². The minimum absolute atomic E-state index is 0.0517. The van der Waals surface area contributed by atoms with Crippen molar-refractivity contribution in [2.45, 2.75) is 18.9 Å². The summed E-state index contributed by atoms with van der Waals surface area (Å²) in [6, 6.07) is 17.1. The third kappa shape index (κ3) is 3.85. The zero-order valence-electron chi connectivity index (χ0n) is 16.6. The van der Waals surface area contributed by atoms with Crippen LogP contribution in [-0.4, -0.2) is 21.6 Å². The van der Waals surface area contributed by atoms with Gasteiger partial charge in [-0.05, 0) is 54.3 Å². The summed E-state index contributed by atoms with van der Waals surface area (Å²) in [5, 5.41) is 10.2. The van der Waals surface area contributed by atoms with E-state index in [1.54, 1.807) is 35.3 Å². The Hall–Kier alpha value is -4.13. The van der Waals surface area contributed by atoms with E-state index in [9.17, 15) is 9.59 Å². The van der Waals surface area contributed by atoms with Gasteiger partial charge in [0.05, 0.1) is 41.6 Å². The number of hydrogen-bond acceptors (Lipinski definition) is 4. The molecule has 2 aromatic heterocycles. The molecule has 2 aromatic carbocycles. The molecule has 0 fully saturated rings. The fourth-order valence-electron chi connectivity index (χ4n) is 3.84. The van der Waals surface area contributed by atoms with Crippen LogP contribution in [0.15, 0.2) is 83.9 Å². The summed E-state index contributed by atoms with van der Waals surface area (Å²) in [5.41, 5.74) is 4.88. The van der Waals surface area contributed by atoms with Crippen LogP contribution < -0.4 is 10.6 Å². The highest BCUT2D eigenvalue weighted by Crippen LogP contribution is 2.30. The molecule has 0 saturated heterocycles. The number of fused-ring (bicyclic) bond motifs is 1. The van der Waals surface area contributed by atoms with Gasteiger partial charge in [0.1, 0.15) is 6.26 Å². The second kappa shape index (κ2) is 7.95. The monoisotopic (exact) mass is 412 g/mol. The van der Waals surface area contributed by atoms with Crippen LogP contribution in [0.1, 0.15) is 44.3 Å². The third-order valence-corrected chi connectivity index (χ3v) is 5.46. The van der Waals surface area contributed by atoms with Crippen molar-refractivity contribution in [2.24, 2.45) is 0 Å². The Bertz CT molecular complexity index is 1230. The molecule has 2 N–H and O–H groups in total. The number of nitrogens with zero attached hydrogens (tertiary/aromatic N) is 2. The molecule has 7 heteroatoms. The van der Waals surface area contributed by atoms with Crippen molar-refractivity contribution in [1.29, 1.82) is 0 Å². The first-order valence-corrected chi connectivity index (χ1v) is 10.0. The van der Waals surface area contributed by atoms with Crippen molar-refractivity contribution in [3.8, 4) is 5.69 Å². The molecule has 0 saturated carbocycles. The van der Waals surface area contributed by atoms with Gasteiger partial charge in [-0.25, -0.2) is 4.68 Å². The predicted molar refractivity (Wildman–Crippen MR) is 115 cm³/mol. The zero-order valence-corrected chi connectivity index (χ0v) is 16.6. The SMILES string of the molecule is O=C(Nc1cnn(-c2ccc(C(=O)NC3CCc4ccccc43)cc2)c1)c1ccoc1. The topological polar surface area (TPSA) is 89.2 Å².